The molecule has 0 radical (unpaired) electrons. The molecule has 8 heteroatoms. The Morgan fingerprint density at radius 3 is 2.52 bits per heavy atom. The molecule has 0 fully saturated rings. The average Bonchev–Trinajstić information content (AvgIpc) is 2.49. The van der Waals surface area contributed by atoms with Crippen molar-refractivity contribution < 1.29 is 18.0 Å². The summed E-state index contributed by atoms with van der Waals surface area (Å²) >= 11 is 0. The fourth-order valence-electron chi connectivity index (χ4n) is 1.88. The van der Waals surface area contributed by atoms with Gasteiger partial charge in [0.15, 0.2) is 0 Å². The zero-order valence-electron chi connectivity index (χ0n) is 12.4. The summed E-state index contributed by atoms with van der Waals surface area (Å²) in [5, 5.41) is 2.61. The zero-order chi connectivity index (χ0) is 17.2. The minimum atomic E-state index is -4.50. The van der Waals surface area contributed by atoms with Gasteiger partial charge in [0.05, 0.1) is 6.04 Å². The highest BCUT2D eigenvalue weighted by molar-refractivity contribution is 5.94. The monoisotopic (exact) mass is 325 g/mol. The Bertz CT molecular complexity index is 767. The summed E-state index contributed by atoms with van der Waals surface area (Å²) in [6.45, 7) is 1.61. The second-order valence-corrected chi connectivity index (χ2v) is 5.03. The normalized spacial score (nSPS) is 12.7. The van der Waals surface area contributed by atoms with Crippen molar-refractivity contribution in [3.05, 3.63) is 63.8 Å². The fraction of sp³-hybridized carbons (Fsp3) is 0.267. The third-order valence-corrected chi connectivity index (χ3v) is 3.29. The third kappa shape index (κ3) is 3.97. The number of aryl methyl sites for hydroxylation is 1. The number of hydrogen-bond donors (Lipinski definition) is 1. The van der Waals surface area contributed by atoms with Crippen LogP contribution in [0.25, 0.3) is 0 Å². The predicted octanol–water partition coefficient (Wildman–Crippen LogP) is 2.29. The van der Waals surface area contributed by atoms with E-state index in [0.29, 0.717) is 5.56 Å². The summed E-state index contributed by atoms with van der Waals surface area (Å²) in [6, 6.07) is 4.23. The molecular weight excluding hydrogens is 311 g/mol. The molecule has 2 rings (SSSR count). The number of rotatable bonds is 3. The Morgan fingerprint density at radius 2 is 2.00 bits per heavy atom. The Balaban J connectivity index is 2.12. The third-order valence-electron chi connectivity index (χ3n) is 3.29. The lowest BCUT2D eigenvalue weighted by atomic mass is 10.1. The number of carbonyl (C=O) groups excluding carboxylic acids is 1. The Kier molecular flexibility index (Phi) is 4.53. The molecule has 122 valence electrons. The molecule has 2 aromatic rings. The lowest BCUT2D eigenvalue weighted by molar-refractivity contribution is -0.141. The summed E-state index contributed by atoms with van der Waals surface area (Å²) in [5.74, 6) is -0.491. The first kappa shape index (κ1) is 16.7. The van der Waals surface area contributed by atoms with Crippen LogP contribution >= 0.6 is 0 Å². The summed E-state index contributed by atoms with van der Waals surface area (Å²) in [7, 11) is 1.56. The van der Waals surface area contributed by atoms with Gasteiger partial charge in [-0.15, -0.1) is 0 Å². The lowest BCUT2D eigenvalue weighted by Crippen LogP contribution is -2.28. The maximum Gasteiger partial charge on any atom is 0.433 e. The molecule has 0 saturated heterocycles. The molecule has 2 aromatic heterocycles. The Labute approximate surface area is 129 Å². The summed E-state index contributed by atoms with van der Waals surface area (Å²) in [4.78, 5) is 26.9. The minimum Gasteiger partial charge on any atom is -0.345 e. The highest BCUT2D eigenvalue weighted by Gasteiger charge is 2.32. The largest absolute Gasteiger partial charge is 0.433 e. The van der Waals surface area contributed by atoms with E-state index in [1.54, 1.807) is 14.0 Å². The van der Waals surface area contributed by atoms with Gasteiger partial charge in [0.25, 0.3) is 11.5 Å². The first-order chi connectivity index (χ1) is 10.7. The summed E-state index contributed by atoms with van der Waals surface area (Å²) in [6.07, 6.45) is -1.98. The van der Waals surface area contributed by atoms with Crippen LogP contribution in [0.15, 0.2) is 41.5 Å². The molecule has 0 spiro atoms. The molecule has 0 aromatic carbocycles. The van der Waals surface area contributed by atoms with Crippen molar-refractivity contribution in [1.82, 2.24) is 14.9 Å². The number of hydrogen-bond acceptors (Lipinski definition) is 3. The molecule has 0 aliphatic heterocycles. The molecule has 2 heterocycles. The molecule has 0 aliphatic carbocycles. The molecule has 0 bridgehead atoms. The van der Waals surface area contributed by atoms with Gasteiger partial charge >= 0.3 is 6.18 Å². The van der Waals surface area contributed by atoms with E-state index >= 15 is 0 Å². The van der Waals surface area contributed by atoms with Crippen LogP contribution in [-0.2, 0) is 13.2 Å². The van der Waals surface area contributed by atoms with Gasteiger partial charge in [-0.2, -0.15) is 13.2 Å². The highest BCUT2D eigenvalue weighted by atomic mass is 19.4. The van der Waals surface area contributed by atoms with Crippen molar-refractivity contribution >= 4 is 5.91 Å². The van der Waals surface area contributed by atoms with E-state index in [1.807, 2.05) is 0 Å². The van der Waals surface area contributed by atoms with Gasteiger partial charge in [-0.3, -0.25) is 14.6 Å². The molecule has 0 aliphatic rings. The Hall–Kier alpha value is -2.64. The molecule has 23 heavy (non-hydrogen) atoms. The highest BCUT2D eigenvalue weighted by Crippen LogP contribution is 2.27. The van der Waals surface area contributed by atoms with Crippen LogP contribution in [0, 0.1) is 0 Å². The van der Waals surface area contributed by atoms with E-state index in [-0.39, 0.29) is 11.1 Å². The Morgan fingerprint density at radius 1 is 1.30 bits per heavy atom. The standard InChI is InChI=1S/C15H14F3N3O2/c1-9(11-3-4-12(19-8-11)15(16,17)18)20-14(23)10-5-6-21(2)13(22)7-10/h3-9H,1-2H3,(H,20,23)/t9-/m0/s1. The van der Waals surface area contributed by atoms with Crippen LogP contribution in [0.3, 0.4) is 0 Å². The van der Waals surface area contributed by atoms with Crippen LogP contribution in [0.4, 0.5) is 13.2 Å². The van der Waals surface area contributed by atoms with Crippen LogP contribution in [0.5, 0.6) is 0 Å². The maximum atomic E-state index is 12.5. The second-order valence-electron chi connectivity index (χ2n) is 5.03. The number of halogens is 3. The van der Waals surface area contributed by atoms with E-state index in [2.05, 4.69) is 10.3 Å². The SMILES string of the molecule is C[C@H](NC(=O)c1ccn(C)c(=O)c1)c1ccc(C(F)(F)F)nc1. The topological polar surface area (TPSA) is 64.0 Å². The van der Waals surface area contributed by atoms with Crippen molar-refractivity contribution in [3.63, 3.8) is 0 Å². The van der Waals surface area contributed by atoms with Gasteiger partial charge in [0.2, 0.25) is 0 Å². The number of pyridine rings is 2. The van der Waals surface area contributed by atoms with E-state index in [9.17, 15) is 22.8 Å². The number of amides is 1. The molecule has 1 atom stereocenters. The first-order valence-corrected chi connectivity index (χ1v) is 6.69. The van der Waals surface area contributed by atoms with Gasteiger partial charge in [-0.1, -0.05) is 6.07 Å². The van der Waals surface area contributed by atoms with Gasteiger partial charge in [-0.05, 0) is 24.6 Å². The number of nitrogens with zero attached hydrogens (tertiary/aromatic N) is 2. The van der Waals surface area contributed by atoms with Crippen molar-refractivity contribution in [2.45, 2.75) is 19.1 Å². The number of aromatic nitrogens is 2. The van der Waals surface area contributed by atoms with Gasteiger partial charge in [0, 0.05) is 31.1 Å². The zero-order valence-corrected chi connectivity index (χ0v) is 12.4. The van der Waals surface area contributed by atoms with Crippen molar-refractivity contribution in [2.24, 2.45) is 7.05 Å². The van der Waals surface area contributed by atoms with E-state index in [4.69, 9.17) is 0 Å². The molecule has 0 saturated carbocycles. The average molecular weight is 325 g/mol. The van der Waals surface area contributed by atoms with Crippen LogP contribution < -0.4 is 10.9 Å². The second kappa shape index (κ2) is 6.23. The van der Waals surface area contributed by atoms with E-state index in [0.717, 1.165) is 12.3 Å². The van der Waals surface area contributed by atoms with Crippen LogP contribution in [-0.4, -0.2) is 15.5 Å². The number of carbonyl (C=O) groups is 1. The molecule has 1 amide bonds. The predicted molar refractivity (Wildman–Crippen MR) is 76.8 cm³/mol. The fourth-order valence-corrected chi connectivity index (χ4v) is 1.88. The maximum absolute atomic E-state index is 12.5. The van der Waals surface area contributed by atoms with Crippen molar-refractivity contribution in [3.8, 4) is 0 Å². The lowest BCUT2D eigenvalue weighted by Gasteiger charge is -2.15. The first-order valence-electron chi connectivity index (χ1n) is 6.69. The molecule has 1 N–H and O–H groups in total. The summed E-state index contributed by atoms with van der Waals surface area (Å²) in [5.41, 5.74) is -0.720. The van der Waals surface area contributed by atoms with Gasteiger partial charge < -0.3 is 9.88 Å². The summed E-state index contributed by atoms with van der Waals surface area (Å²) < 4.78 is 38.7. The smallest absolute Gasteiger partial charge is 0.345 e. The van der Waals surface area contributed by atoms with E-state index in [1.165, 1.54) is 29.0 Å². The van der Waals surface area contributed by atoms with Gasteiger partial charge in [0.1, 0.15) is 5.69 Å². The van der Waals surface area contributed by atoms with Crippen LogP contribution in [0.1, 0.15) is 34.6 Å². The number of nitrogens with one attached hydrogen (secondary N) is 1. The van der Waals surface area contributed by atoms with Gasteiger partial charge in [-0.25, -0.2) is 0 Å². The van der Waals surface area contributed by atoms with Crippen LogP contribution in [0.2, 0.25) is 0 Å². The number of alkyl halides is 3. The quantitative estimate of drug-likeness (QED) is 0.942. The van der Waals surface area contributed by atoms with Crippen molar-refractivity contribution in [2.75, 3.05) is 0 Å². The molecular formula is C15H14F3N3O2. The van der Waals surface area contributed by atoms with E-state index < -0.39 is 23.8 Å². The van der Waals surface area contributed by atoms with Crippen molar-refractivity contribution in [1.29, 1.82) is 0 Å². The minimum absolute atomic E-state index is 0.180. The molecule has 0 unspecified atom stereocenters. The molecule has 5 nitrogen and oxygen atoms in total.